The molecule has 0 aliphatic carbocycles. The predicted octanol–water partition coefficient (Wildman–Crippen LogP) is 5.73. The van der Waals surface area contributed by atoms with Crippen molar-refractivity contribution in [3.05, 3.63) is 94.1 Å². The summed E-state index contributed by atoms with van der Waals surface area (Å²) in [5.41, 5.74) is 3.72. The minimum absolute atomic E-state index is 0.0194. The fourth-order valence-electron chi connectivity index (χ4n) is 4.96. The monoisotopic (exact) mass is 515 g/mol. The molecule has 38 heavy (non-hydrogen) atoms. The molecule has 198 valence electrons. The third kappa shape index (κ3) is 5.09. The molecule has 1 heterocycles. The number of Topliss-reactive ketones (excluding diaryl/α,β-unsaturated/α-hetero) is 1. The van der Waals surface area contributed by atoms with Crippen molar-refractivity contribution in [2.75, 3.05) is 20.8 Å². The number of methoxy groups -OCH3 is 2. The van der Waals surface area contributed by atoms with E-state index in [1.165, 1.54) is 12.0 Å². The quantitative estimate of drug-likeness (QED) is 0.223. The average molecular weight is 516 g/mol. The van der Waals surface area contributed by atoms with Gasteiger partial charge in [0, 0.05) is 6.54 Å². The molecule has 1 aliphatic rings. The zero-order valence-electron chi connectivity index (χ0n) is 22.4. The van der Waals surface area contributed by atoms with E-state index in [-0.39, 0.29) is 11.3 Å². The Bertz CT molecular complexity index is 1380. The first kappa shape index (κ1) is 26.8. The molecule has 1 aliphatic heterocycles. The van der Waals surface area contributed by atoms with Gasteiger partial charge in [-0.1, -0.05) is 49.4 Å². The Kier molecular flexibility index (Phi) is 8.05. The van der Waals surface area contributed by atoms with E-state index in [0.29, 0.717) is 47.9 Å². The molecule has 0 saturated carbocycles. The number of likely N-dealkylation sites (tertiary alicyclic amines) is 1. The molecular formula is C31H33NO6. The summed E-state index contributed by atoms with van der Waals surface area (Å²) in [4.78, 5) is 28.1. The molecule has 1 saturated heterocycles. The highest BCUT2D eigenvalue weighted by atomic mass is 16.5. The summed E-state index contributed by atoms with van der Waals surface area (Å²) in [6.07, 6.45) is 0.643. The van der Waals surface area contributed by atoms with Crippen LogP contribution in [0.4, 0.5) is 0 Å². The maximum absolute atomic E-state index is 13.4. The fraction of sp³-hybridized carbons (Fsp3) is 0.290. The molecule has 0 spiro atoms. The van der Waals surface area contributed by atoms with E-state index in [4.69, 9.17) is 14.2 Å². The Morgan fingerprint density at radius 3 is 2.34 bits per heavy atom. The Labute approximate surface area is 223 Å². The molecule has 3 aromatic rings. The second-order valence-corrected chi connectivity index (χ2v) is 9.34. The summed E-state index contributed by atoms with van der Waals surface area (Å²) in [5.74, 6) is -0.199. The van der Waals surface area contributed by atoms with Crippen molar-refractivity contribution in [3.63, 3.8) is 0 Å². The third-order valence-corrected chi connectivity index (χ3v) is 6.62. The van der Waals surface area contributed by atoms with E-state index in [0.717, 1.165) is 16.7 Å². The number of carbonyl (C=O) groups excluding carboxylic acids is 2. The number of benzene rings is 3. The smallest absolute Gasteiger partial charge is 0.295 e. The van der Waals surface area contributed by atoms with Crippen LogP contribution in [-0.4, -0.2) is 42.5 Å². The van der Waals surface area contributed by atoms with Crippen LogP contribution in [0.25, 0.3) is 5.76 Å². The lowest BCUT2D eigenvalue weighted by atomic mass is 9.93. The molecule has 1 atom stereocenters. The summed E-state index contributed by atoms with van der Waals surface area (Å²) in [7, 11) is 3.07. The minimum Gasteiger partial charge on any atom is -0.507 e. The highest BCUT2D eigenvalue weighted by molar-refractivity contribution is 6.46. The Balaban J connectivity index is 1.86. The van der Waals surface area contributed by atoms with Gasteiger partial charge in [-0.2, -0.15) is 0 Å². The van der Waals surface area contributed by atoms with Gasteiger partial charge in [-0.25, -0.2) is 0 Å². The number of carbonyl (C=O) groups is 2. The van der Waals surface area contributed by atoms with Gasteiger partial charge in [0.15, 0.2) is 11.5 Å². The summed E-state index contributed by atoms with van der Waals surface area (Å²) in [5, 5.41) is 11.6. The predicted molar refractivity (Wildman–Crippen MR) is 146 cm³/mol. The lowest BCUT2D eigenvalue weighted by Crippen LogP contribution is -2.30. The lowest BCUT2D eigenvalue weighted by molar-refractivity contribution is -0.139. The Hall–Kier alpha value is -4.26. The maximum atomic E-state index is 13.4. The number of aliphatic hydroxyl groups excluding tert-OH is 1. The molecule has 0 bridgehead atoms. The number of amides is 1. The van der Waals surface area contributed by atoms with Crippen LogP contribution in [0, 0.1) is 13.8 Å². The summed E-state index contributed by atoms with van der Waals surface area (Å²) in [6, 6.07) is 17.9. The van der Waals surface area contributed by atoms with Crippen LogP contribution in [0.2, 0.25) is 0 Å². The minimum atomic E-state index is -0.801. The number of ether oxygens (including phenoxy) is 3. The van der Waals surface area contributed by atoms with Crippen LogP contribution in [0.3, 0.4) is 0 Å². The van der Waals surface area contributed by atoms with Crippen LogP contribution in [0.1, 0.15) is 47.2 Å². The van der Waals surface area contributed by atoms with Crippen LogP contribution in [-0.2, 0) is 16.2 Å². The number of hydrogen-bond acceptors (Lipinski definition) is 6. The number of hydrogen-bond donors (Lipinski definition) is 1. The van der Waals surface area contributed by atoms with Crippen LogP contribution in [0.5, 0.6) is 17.2 Å². The van der Waals surface area contributed by atoms with Crippen molar-refractivity contribution in [1.82, 2.24) is 4.90 Å². The molecular weight excluding hydrogens is 482 g/mol. The molecule has 3 aromatic carbocycles. The zero-order chi connectivity index (χ0) is 27.4. The van der Waals surface area contributed by atoms with Crippen LogP contribution in [0.15, 0.2) is 66.2 Å². The summed E-state index contributed by atoms with van der Waals surface area (Å²) < 4.78 is 17.2. The molecule has 7 nitrogen and oxygen atoms in total. The van der Waals surface area contributed by atoms with Gasteiger partial charge in [-0.3, -0.25) is 9.59 Å². The third-order valence-electron chi connectivity index (χ3n) is 6.62. The van der Waals surface area contributed by atoms with Gasteiger partial charge in [0.05, 0.1) is 31.4 Å². The first-order valence-corrected chi connectivity index (χ1v) is 12.6. The SMILES string of the molecule is CCCN1C(=O)C(=O)/C(=C(/O)c2cc(C)cc(C)c2OC)C1c1ccc(OC)c(OCc2ccccc2)c1. The summed E-state index contributed by atoms with van der Waals surface area (Å²) >= 11 is 0. The number of aryl methyl sites for hydroxylation is 2. The van der Waals surface area contributed by atoms with Crippen LogP contribution < -0.4 is 14.2 Å². The van der Waals surface area contributed by atoms with Crippen molar-refractivity contribution < 1.29 is 28.9 Å². The normalized spacial score (nSPS) is 16.6. The largest absolute Gasteiger partial charge is 0.507 e. The highest BCUT2D eigenvalue weighted by Gasteiger charge is 2.46. The van der Waals surface area contributed by atoms with E-state index < -0.39 is 17.7 Å². The van der Waals surface area contributed by atoms with Crippen molar-refractivity contribution >= 4 is 17.4 Å². The first-order chi connectivity index (χ1) is 18.3. The van der Waals surface area contributed by atoms with E-state index in [9.17, 15) is 14.7 Å². The van der Waals surface area contributed by atoms with Crippen molar-refractivity contribution in [1.29, 1.82) is 0 Å². The number of aliphatic hydroxyl groups is 1. The maximum Gasteiger partial charge on any atom is 0.295 e. The standard InChI is InChI=1S/C31H33NO6/c1-6-14-32-27(22-12-13-24(36-4)25(17-22)38-18-21-10-8-7-9-11-21)26(29(34)31(32)35)28(33)23-16-19(2)15-20(3)30(23)37-5/h7-13,15-17,27,33H,6,14,18H2,1-5H3/b28-26+. The molecule has 1 N–H and O–H groups in total. The summed E-state index contributed by atoms with van der Waals surface area (Å²) in [6.45, 7) is 6.37. The number of nitrogens with zero attached hydrogens (tertiary/aromatic N) is 1. The Morgan fingerprint density at radius 1 is 0.947 bits per heavy atom. The van der Waals surface area contributed by atoms with Gasteiger partial charge in [0.25, 0.3) is 11.7 Å². The van der Waals surface area contributed by atoms with Gasteiger partial charge < -0.3 is 24.2 Å². The molecule has 1 fully saturated rings. The van der Waals surface area contributed by atoms with Crippen LogP contribution >= 0.6 is 0 Å². The molecule has 7 heteroatoms. The number of rotatable bonds is 9. The molecule has 0 radical (unpaired) electrons. The average Bonchev–Trinajstić information content (AvgIpc) is 3.16. The second kappa shape index (κ2) is 11.4. The topological polar surface area (TPSA) is 85.3 Å². The van der Waals surface area contributed by atoms with E-state index in [2.05, 4.69) is 0 Å². The van der Waals surface area contributed by atoms with Crippen molar-refractivity contribution in [3.8, 4) is 17.2 Å². The lowest BCUT2D eigenvalue weighted by Gasteiger charge is -2.26. The van der Waals surface area contributed by atoms with Gasteiger partial charge >= 0.3 is 0 Å². The second-order valence-electron chi connectivity index (χ2n) is 9.34. The fourth-order valence-corrected chi connectivity index (χ4v) is 4.96. The van der Waals surface area contributed by atoms with Crippen molar-refractivity contribution in [2.45, 2.75) is 39.8 Å². The van der Waals surface area contributed by atoms with E-state index in [1.807, 2.05) is 57.2 Å². The zero-order valence-corrected chi connectivity index (χ0v) is 22.4. The Morgan fingerprint density at radius 2 is 1.68 bits per heavy atom. The molecule has 1 amide bonds. The number of ketones is 1. The van der Waals surface area contributed by atoms with Gasteiger partial charge in [-0.05, 0) is 60.7 Å². The van der Waals surface area contributed by atoms with Gasteiger partial charge in [-0.15, -0.1) is 0 Å². The van der Waals surface area contributed by atoms with Gasteiger partial charge in [0.2, 0.25) is 0 Å². The first-order valence-electron chi connectivity index (χ1n) is 12.6. The molecule has 1 unspecified atom stereocenters. The molecule has 4 rings (SSSR count). The van der Waals surface area contributed by atoms with Gasteiger partial charge in [0.1, 0.15) is 18.1 Å². The van der Waals surface area contributed by atoms with E-state index in [1.54, 1.807) is 31.4 Å². The van der Waals surface area contributed by atoms with Crippen molar-refractivity contribution in [2.24, 2.45) is 0 Å². The highest BCUT2D eigenvalue weighted by Crippen LogP contribution is 2.43. The molecule has 0 aromatic heterocycles. The van der Waals surface area contributed by atoms with E-state index >= 15 is 0 Å².